The van der Waals surface area contributed by atoms with Crippen LogP contribution in [-0.4, -0.2) is 37.1 Å². The summed E-state index contributed by atoms with van der Waals surface area (Å²) in [5.41, 5.74) is 0.332. The number of amides is 2. The molecule has 0 fully saturated rings. The van der Waals surface area contributed by atoms with E-state index >= 15 is 0 Å². The predicted octanol–water partition coefficient (Wildman–Crippen LogP) is 1.48. The van der Waals surface area contributed by atoms with Crippen LogP contribution >= 0.6 is 11.6 Å². The SMILES string of the molecule is CON(C)C(=O)[C@@H](C)NC(=O)c1ccccc1Cl. The fourth-order valence-corrected chi connectivity index (χ4v) is 1.57. The van der Waals surface area contributed by atoms with Gasteiger partial charge in [0.1, 0.15) is 6.04 Å². The van der Waals surface area contributed by atoms with Gasteiger partial charge in [-0.3, -0.25) is 14.4 Å². The van der Waals surface area contributed by atoms with Crippen molar-refractivity contribution in [1.29, 1.82) is 0 Å². The topological polar surface area (TPSA) is 58.6 Å². The third kappa shape index (κ3) is 3.45. The standard InChI is InChI=1S/C12H15ClN2O3/c1-8(12(17)15(2)18-3)14-11(16)9-6-4-5-7-10(9)13/h4-8H,1-3H3,(H,14,16)/t8-/m1/s1. The van der Waals surface area contributed by atoms with Crippen LogP contribution in [0.5, 0.6) is 0 Å². The smallest absolute Gasteiger partial charge is 0.268 e. The summed E-state index contributed by atoms with van der Waals surface area (Å²) in [5.74, 6) is -0.746. The molecule has 1 N–H and O–H groups in total. The lowest BCUT2D eigenvalue weighted by molar-refractivity contribution is -0.170. The van der Waals surface area contributed by atoms with Crippen molar-refractivity contribution in [3.63, 3.8) is 0 Å². The number of hydrogen-bond donors (Lipinski definition) is 1. The summed E-state index contributed by atoms with van der Waals surface area (Å²) in [6.45, 7) is 1.58. The molecule has 0 saturated carbocycles. The maximum atomic E-state index is 11.9. The normalized spacial score (nSPS) is 11.8. The van der Waals surface area contributed by atoms with Crippen LogP contribution in [0.2, 0.25) is 5.02 Å². The fraction of sp³-hybridized carbons (Fsp3) is 0.333. The first-order chi connectivity index (χ1) is 8.47. The van der Waals surface area contributed by atoms with Crippen LogP contribution < -0.4 is 5.32 Å². The second-order valence-corrected chi connectivity index (χ2v) is 4.10. The molecule has 18 heavy (non-hydrogen) atoms. The zero-order valence-corrected chi connectivity index (χ0v) is 11.2. The molecule has 98 valence electrons. The van der Waals surface area contributed by atoms with E-state index in [4.69, 9.17) is 16.4 Å². The molecule has 0 radical (unpaired) electrons. The molecule has 0 aliphatic carbocycles. The van der Waals surface area contributed by atoms with Crippen LogP contribution in [-0.2, 0) is 9.63 Å². The van der Waals surface area contributed by atoms with Crippen LogP contribution in [0.1, 0.15) is 17.3 Å². The second kappa shape index (κ2) is 6.37. The lowest BCUT2D eigenvalue weighted by Gasteiger charge is -2.19. The van der Waals surface area contributed by atoms with Crippen molar-refractivity contribution in [2.24, 2.45) is 0 Å². The van der Waals surface area contributed by atoms with Crippen molar-refractivity contribution in [2.45, 2.75) is 13.0 Å². The van der Waals surface area contributed by atoms with Crippen molar-refractivity contribution in [3.8, 4) is 0 Å². The third-order valence-corrected chi connectivity index (χ3v) is 2.75. The van der Waals surface area contributed by atoms with Gasteiger partial charge in [0.15, 0.2) is 0 Å². The molecule has 0 spiro atoms. The van der Waals surface area contributed by atoms with E-state index in [1.807, 2.05) is 0 Å². The van der Waals surface area contributed by atoms with E-state index < -0.39 is 11.9 Å². The largest absolute Gasteiger partial charge is 0.340 e. The Morgan fingerprint density at radius 1 is 1.39 bits per heavy atom. The second-order valence-electron chi connectivity index (χ2n) is 3.69. The molecular weight excluding hydrogens is 256 g/mol. The Balaban J connectivity index is 2.71. The van der Waals surface area contributed by atoms with Crippen molar-refractivity contribution in [2.75, 3.05) is 14.2 Å². The lowest BCUT2D eigenvalue weighted by Crippen LogP contribution is -2.45. The van der Waals surface area contributed by atoms with Gasteiger partial charge in [-0.15, -0.1) is 0 Å². The minimum atomic E-state index is -0.696. The highest BCUT2D eigenvalue weighted by atomic mass is 35.5. The number of nitrogens with one attached hydrogen (secondary N) is 1. The molecule has 0 bridgehead atoms. The molecule has 0 saturated heterocycles. The highest BCUT2D eigenvalue weighted by Gasteiger charge is 2.20. The quantitative estimate of drug-likeness (QED) is 0.843. The molecule has 2 amide bonds. The number of carbonyl (C=O) groups excluding carboxylic acids is 2. The molecule has 1 atom stereocenters. The molecule has 0 unspecified atom stereocenters. The third-order valence-electron chi connectivity index (χ3n) is 2.42. The van der Waals surface area contributed by atoms with E-state index in [1.54, 1.807) is 31.2 Å². The summed E-state index contributed by atoms with van der Waals surface area (Å²) >= 11 is 5.89. The molecule has 1 rings (SSSR count). The summed E-state index contributed by atoms with van der Waals surface area (Å²) in [5, 5.41) is 3.95. The molecule has 0 aliphatic heterocycles. The average molecular weight is 271 g/mol. The van der Waals surface area contributed by atoms with Gasteiger partial charge in [-0.05, 0) is 19.1 Å². The van der Waals surface area contributed by atoms with Crippen molar-refractivity contribution in [3.05, 3.63) is 34.9 Å². The molecule has 0 aliphatic rings. The lowest BCUT2D eigenvalue weighted by atomic mass is 10.2. The summed E-state index contributed by atoms with van der Waals surface area (Å²) < 4.78 is 0. The molecule has 5 nitrogen and oxygen atoms in total. The molecule has 0 aromatic heterocycles. The Morgan fingerprint density at radius 2 is 2.00 bits per heavy atom. The van der Waals surface area contributed by atoms with E-state index in [0.717, 1.165) is 5.06 Å². The number of carbonyl (C=O) groups is 2. The van der Waals surface area contributed by atoms with Gasteiger partial charge >= 0.3 is 0 Å². The summed E-state index contributed by atoms with van der Waals surface area (Å²) in [6, 6.07) is 5.94. The van der Waals surface area contributed by atoms with E-state index in [2.05, 4.69) is 5.32 Å². The zero-order chi connectivity index (χ0) is 13.7. The first-order valence-corrected chi connectivity index (χ1v) is 5.72. The van der Waals surface area contributed by atoms with Crippen LogP contribution in [0.3, 0.4) is 0 Å². The molecule has 0 heterocycles. The fourth-order valence-electron chi connectivity index (χ4n) is 1.34. The van der Waals surface area contributed by atoms with Gasteiger partial charge in [-0.1, -0.05) is 23.7 Å². The number of benzene rings is 1. The number of rotatable bonds is 4. The number of hydroxylamine groups is 2. The van der Waals surface area contributed by atoms with Gasteiger partial charge < -0.3 is 5.32 Å². The van der Waals surface area contributed by atoms with Crippen molar-refractivity contribution >= 4 is 23.4 Å². The average Bonchev–Trinajstić information content (AvgIpc) is 2.37. The number of hydrogen-bond acceptors (Lipinski definition) is 3. The van der Waals surface area contributed by atoms with Gasteiger partial charge in [0.2, 0.25) is 0 Å². The number of likely N-dealkylation sites (N-methyl/N-ethyl adjacent to an activating group) is 1. The van der Waals surface area contributed by atoms with Crippen LogP contribution in [0, 0.1) is 0 Å². The first-order valence-electron chi connectivity index (χ1n) is 5.34. The Kier molecular flexibility index (Phi) is 5.12. The minimum Gasteiger partial charge on any atom is -0.340 e. The Labute approximate surface area is 111 Å². The zero-order valence-electron chi connectivity index (χ0n) is 10.4. The van der Waals surface area contributed by atoms with Crippen molar-refractivity contribution < 1.29 is 14.4 Å². The van der Waals surface area contributed by atoms with Gasteiger partial charge in [0, 0.05) is 7.05 Å². The molecule has 1 aromatic carbocycles. The monoisotopic (exact) mass is 270 g/mol. The summed E-state index contributed by atoms with van der Waals surface area (Å²) in [4.78, 5) is 28.3. The van der Waals surface area contributed by atoms with E-state index in [0.29, 0.717) is 10.6 Å². The van der Waals surface area contributed by atoms with Crippen molar-refractivity contribution in [1.82, 2.24) is 10.4 Å². The Bertz CT molecular complexity index is 451. The van der Waals surface area contributed by atoms with E-state index in [9.17, 15) is 9.59 Å². The minimum absolute atomic E-state index is 0.332. The van der Waals surface area contributed by atoms with Crippen LogP contribution in [0.25, 0.3) is 0 Å². The molecule has 1 aromatic rings. The van der Waals surface area contributed by atoms with E-state index in [-0.39, 0.29) is 5.91 Å². The maximum Gasteiger partial charge on any atom is 0.268 e. The Morgan fingerprint density at radius 3 is 2.56 bits per heavy atom. The van der Waals surface area contributed by atoms with Gasteiger partial charge in [0.25, 0.3) is 11.8 Å². The summed E-state index contributed by atoms with van der Waals surface area (Å²) in [6.07, 6.45) is 0. The number of halogens is 1. The number of nitrogens with zero attached hydrogens (tertiary/aromatic N) is 1. The highest BCUT2D eigenvalue weighted by molar-refractivity contribution is 6.33. The first kappa shape index (κ1) is 14.5. The van der Waals surface area contributed by atoms with Crippen LogP contribution in [0.4, 0.5) is 0 Å². The Hall–Kier alpha value is -1.59. The predicted molar refractivity (Wildman–Crippen MR) is 68.2 cm³/mol. The maximum absolute atomic E-state index is 11.9. The van der Waals surface area contributed by atoms with Gasteiger partial charge in [0.05, 0.1) is 17.7 Å². The molecule has 6 heteroatoms. The highest BCUT2D eigenvalue weighted by Crippen LogP contribution is 2.14. The van der Waals surface area contributed by atoms with Crippen LogP contribution in [0.15, 0.2) is 24.3 Å². The molecular formula is C12H15ClN2O3. The van der Waals surface area contributed by atoms with Gasteiger partial charge in [-0.25, -0.2) is 5.06 Å². The van der Waals surface area contributed by atoms with E-state index in [1.165, 1.54) is 14.2 Å². The van der Waals surface area contributed by atoms with Gasteiger partial charge in [-0.2, -0.15) is 0 Å². The summed E-state index contributed by atoms with van der Waals surface area (Å²) in [7, 11) is 2.85.